The van der Waals surface area contributed by atoms with E-state index in [-0.39, 0.29) is 5.41 Å². The van der Waals surface area contributed by atoms with Crippen molar-refractivity contribution in [3.05, 3.63) is 163 Å². The number of hydrogen-bond acceptors (Lipinski definition) is 2. The van der Waals surface area contributed by atoms with E-state index in [1.54, 1.807) is 0 Å². The van der Waals surface area contributed by atoms with Gasteiger partial charge in [-0.25, -0.2) is 0 Å². The van der Waals surface area contributed by atoms with E-state index in [4.69, 9.17) is 4.42 Å². The lowest BCUT2D eigenvalue weighted by Crippen LogP contribution is -2.15. The minimum atomic E-state index is -0.0314. The van der Waals surface area contributed by atoms with Crippen LogP contribution in [0.15, 0.2) is 156 Å². The maximum absolute atomic E-state index is 6.57. The van der Waals surface area contributed by atoms with E-state index in [1.807, 2.05) is 0 Å². The van der Waals surface area contributed by atoms with Crippen LogP contribution in [0.25, 0.3) is 55.0 Å². The molecule has 0 amide bonds. The minimum Gasteiger partial charge on any atom is -0.456 e. The molecule has 1 heterocycles. The number of anilines is 3. The molecule has 1 aliphatic carbocycles. The number of furan rings is 1. The average Bonchev–Trinajstić information content (AvgIpc) is 3.57. The van der Waals surface area contributed by atoms with Gasteiger partial charge in [0.15, 0.2) is 0 Å². The fourth-order valence-corrected chi connectivity index (χ4v) is 7.50. The zero-order valence-corrected chi connectivity index (χ0v) is 25.3. The van der Waals surface area contributed by atoms with Gasteiger partial charge in [0.2, 0.25) is 0 Å². The van der Waals surface area contributed by atoms with Crippen molar-refractivity contribution in [2.75, 3.05) is 4.90 Å². The normalized spacial score (nSPS) is 13.3. The second kappa shape index (κ2) is 9.70. The van der Waals surface area contributed by atoms with Crippen molar-refractivity contribution < 1.29 is 4.42 Å². The molecule has 0 N–H and O–H groups in total. The van der Waals surface area contributed by atoms with Gasteiger partial charge in [-0.15, -0.1) is 0 Å². The van der Waals surface area contributed by atoms with Crippen LogP contribution in [0.1, 0.15) is 25.0 Å². The van der Waals surface area contributed by atoms with Crippen molar-refractivity contribution in [2.45, 2.75) is 19.3 Å². The number of hydrogen-bond donors (Lipinski definition) is 0. The van der Waals surface area contributed by atoms with Gasteiger partial charge in [-0.3, -0.25) is 0 Å². The molecule has 0 fully saturated rings. The zero-order chi connectivity index (χ0) is 30.1. The number of fused-ring (bicyclic) bond motifs is 8. The van der Waals surface area contributed by atoms with Crippen molar-refractivity contribution in [3.63, 3.8) is 0 Å². The summed E-state index contributed by atoms with van der Waals surface area (Å²) < 4.78 is 6.57. The summed E-state index contributed by atoms with van der Waals surface area (Å²) in [7, 11) is 0. The number of benzene rings is 7. The third-order valence-corrected chi connectivity index (χ3v) is 9.64. The van der Waals surface area contributed by atoms with Gasteiger partial charge in [0.1, 0.15) is 11.2 Å². The summed E-state index contributed by atoms with van der Waals surface area (Å²) in [4.78, 5) is 2.37. The van der Waals surface area contributed by atoms with Crippen LogP contribution in [-0.4, -0.2) is 0 Å². The summed E-state index contributed by atoms with van der Waals surface area (Å²) in [6.45, 7) is 4.66. The molecule has 8 aromatic rings. The number of para-hydroxylation sites is 1. The molecule has 0 radical (unpaired) electrons. The molecule has 9 rings (SSSR count). The molecule has 0 unspecified atom stereocenters. The first-order chi connectivity index (χ1) is 22.1. The van der Waals surface area contributed by atoms with E-state index < -0.39 is 0 Å². The van der Waals surface area contributed by atoms with Crippen LogP contribution < -0.4 is 4.90 Å². The molecular weight excluding hydrogens is 546 g/mol. The highest BCUT2D eigenvalue weighted by molar-refractivity contribution is 6.22. The van der Waals surface area contributed by atoms with Crippen molar-refractivity contribution >= 4 is 49.8 Å². The molecule has 2 nitrogen and oxygen atoms in total. The van der Waals surface area contributed by atoms with Gasteiger partial charge >= 0.3 is 0 Å². The second-order valence-electron chi connectivity index (χ2n) is 12.6. The summed E-state index contributed by atoms with van der Waals surface area (Å²) in [6, 6.07) is 54.6. The van der Waals surface area contributed by atoms with Crippen LogP contribution in [0.4, 0.5) is 17.1 Å². The number of nitrogens with zero attached hydrogens (tertiary/aromatic N) is 1. The quantitative estimate of drug-likeness (QED) is 0.207. The lowest BCUT2D eigenvalue weighted by Gasteiger charge is -2.27. The summed E-state index contributed by atoms with van der Waals surface area (Å²) in [5.74, 6) is 0. The Balaban J connectivity index is 1.27. The first-order valence-corrected chi connectivity index (χ1v) is 15.6. The summed E-state index contributed by atoms with van der Waals surface area (Å²) in [6.07, 6.45) is 0. The Kier molecular flexibility index (Phi) is 5.58. The first-order valence-electron chi connectivity index (χ1n) is 15.6. The fourth-order valence-electron chi connectivity index (χ4n) is 7.50. The maximum Gasteiger partial charge on any atom is 0.136 e. The van der Waals surface area contributed by atoms with Crippen LogP contribution in [0.3, 0.4) is 0 Å². The Morgan fingerprint density at radius 2 is 1.09 bits per heavy atom. The van der Waals surface area contributed by atoms with Crippen molar-refractivity contribution in [1.82, 2.24) is 0 Å². The Morgan fingerprint density at radius 1 is 0.444 bits per heavy atom. The molecular formula is C43H31NO. The Labute approximate surface area is 262 Å². The zero-order valence-electron chi connectivity index (χ0n) is 25.3. The molecule has 0 saturated carbocycles. The highest BCUT2D eigenvalue weighted by atomic mass is 16.3. The van der Waals surface area contributed by atoms with Gasteiger partial charge < -0.3 is 9.32 Å². The van der Waals surface area contributed by atoms with E-state index >= 15 is 0 Å². The molecule has 0 saturated heterocycles. The molecule has 214 valence electrons. The van der Waals surface area contributed by atoms with Crippen molar-refractivity contribution in [3.8, 4) is 22.3 Å². The predicted molar refractivity (Wildman–Crippen MR) is 189 cm³/mol. The Bertz CT molecular complexity index is 2400. The Hall–Kier alpha value is -5.60. The minimum absolute atomic E-state index is 0.0314. The lowest BCUT2D eigenvalue weighted by molar-refractivity contribution is 0.660. The Morgan fingerprint density at radius 3 is 1.91 bits per heavy atom. The predicted octanol–water partition coefficient (Wildman–Crippen LogP) is 12.2. The first kappa shape index (κ1) is 25.9. The van der Waals surface area contributed by atoms with Gasteiger partial charge in [-0.1, -0.05) is 117 Å². The summed E-state index contributed by atoms with van der Waals surface area (Å²) in [5, 5.41) is 4.70. The molecule has 0 atom stereocenters. The standard InChI is InChI=1S/C43H31NO/c1-43(2)38-20-12-11-18-33(38)36-25-30(21-23-39(36)43)44(29-15-7-4-8-16-29)31-22-24-40-37(26-31)42-34-19-10-9-17-32(34)35(27-41(42)45-40)28-13-5-3-6-14-28/h3-27H,1-2H3. The number of rotatable bonds is 4. The fraction of sp³-hybridized carbons (Fsp3) is 0.0698. The largest absolute Gasteiger partial charge is 0.456 e. The molecule has 0 spiro atoms. The van der Waals surface area contributed by atoms with E-state index in [0.29, 0.717) is 0 Å². The third kappa shape index (κ3) is 3.89. The van der Waals surface area contributed by atoms with Crippen molar-refractivity contribution in [1.29, 1.82) is 0 Å². The van der Waals surface area contributed by atoms with E-state index in [0.717, 1.165) is 39.0 Å². The van der Waals surface area contributed by atoms with Gasteiger partial charge in [0, 0.05) is 33.2 Å². The van der Waals surface area contributed by atoms with Crippen LogP contribution in [0.5, 0.6) is 0 Å². The van der Waals surface area contributed by atoms with Crippen LogP contribution in [0.2, 0.25) is 0 Å². The van der Waals surface area contributed by atoms with Crippen LogP contribution in [-0.2, 0) is 5.41 Å². The topological polar surface area (TPSA) is 16.4 Å². The van der Waals surface area contributed by atoms with Crippen molar-refractivity contribution in [2.24, 2.45) is 0 Å². The third-order valence-electron chi connectivity index (χ3n) is 9.64. The molecule has 7 aromatic carbocycles. The highest BCUT2D eigenvalue weighted by Gasteiger charge is 2.35. The molecule has 45 heavy (non-hydrogen) atoms. The van der Waals surface area contributed by atoms with E-state index in [1.165, 1.54) is 44.2 Å². The highest BCUT2D eigenvalue weighted by Crippen LogP contribution is 2.51. The van der Waals surface area contributed by atoms with Crippen LogP contribution in [0, 0.1) is 0 Å². The average molecular weight is 578 g/mol. The van der Waals surface area contributed by atoms with Gasteiger partial charge in [-0.2, -0.15) is 0 Å². The SMILES string of the molecule is CC1(C)c2ccccc2-c2cc(N(c3ccccc3)c3ccc4oc5cc(-c6ccccc6)c6ccccc6c5c4c3)ccc21. The maximum atomic E-state index is 6.57. The summed E-state index contributed by atoms with van der Waals surface area (Å²) in [5.41, 5.74) is 12.9. The smallest absolute Gasteiger partial charge is 0.136 e. The van der Waals surface area contributed by atoms with Gasteiger partial charge in [-0.05, 0) is 92.7 Å². The van der Waals surface area contributed by atoms with Gasteiger partial charge in [0.25, 0.3) is 0 Å². The second-order valence-corrected chi connectivity index (χ2v) is 12.6. The summed E-state index contributed by atoms with van der Waals surface area (Å²) >= 11 is 0. The lowest BCUT2D eigenvalue weighted by atomic mass is 9.82. The van der Waals surface area contributed by atoms with Gasteiger partial charge in [0.05, 0.1) is 0 Å². The van der Waals surface area contributed by atoms with Crippen LogP contribution >= 0.6 is 0 Å². The molecule has 0 aliphatic heterocycles. The molecule has 0 bridgehead atoms. The monoisotopic (exact) mass is 577 g/mol. The molecule has 2 heteroatoms. The molecule has 1 aromatic heterocycles. The van der Waals surface area contributed by atoms with E-state index in [9.17, 15) is 0 Å². The molecule has 1 aliphatic rings. The van der Waals surface area contributed by atoms with E-state index in [2.05, 4.69) is 170 Å².